The molecule has 21 heavy (non-hydrogen) atoms. The average Bonchev–Trinajstić information content (AvgIpc) is 2.47. The van der Waals surface area contributed by atoms with Crippen LogP contribution < -0.4 is 10.2 Å². The number of alkyl halides is 3. The quantitative estimate of drug-likeness (QED) is 0.932. The van der Waals surface area contributed by atoms with Gasteiger partial charge in [-0.2, -0.15) is 18.4 Å². The number of rotatable bonds is 3. The molecule has 1 aromatic carbocycles. The Kier molecular flexibility index (Phi) is 4.73. The van der Waals surface area contributed by atoms with E-state index < -0.39 is 12.1 Å². The summed E-state index contributed by atoms with van der Waals surface area (Å²) in [5, 5.41) is 12.3. The van der Waals surface area contributed by atoms with Crippen LogP contribution in [0.4, 0.5) is 18.9 Å². The maximum Gasteiger partial charge on any atom is 0.391 e. The third kappa shape index (κ3) is 3.67. The van der Waals surface area contributed by atoms with E-state index in [2.05, 4.69) is 11.4 Å². The van der Waals surface area contributed by atoms with Gasteiger partial charge in [0.15, 0.2) is 0 Å². The van der Waals surface area contributed by atoms with Crippen LogP contribution in [0.15, 0.2) is 18.2 Å². The molecule has 1 N–H and O–H groups in total. The van der Waals surface area contributed by atoms with Crippen molar-refractivity contribution < 1.29 is 13.2 Å². The van der Waals surface area contributed by atoms with Crippen molar-refractivity contribution in [1.29, 1.82) is 5.26 Å². The normalized spacial score (nSPS) is 16.8. The van der Waals surface area contributed by atoms with E-state index in [4.69, 9.17) is 0 Å². The Bertz CT molecular complexity index is 526. The topological polar surface area (TPSA) is 39.1 Å². The predicted octanol–water partition coefficient (Wildman–Crippen LogP) is 3.06. The first-order chi connectivity index (χ1) is 9.95. The molecule has 1 aromatic rings. The van der Waals surface area contributed by atoms with Crippen molar-refractivity contribution in [3.05, 3.63) is 29.3 Å². The van der Waals surface area contributed by atoms with Crippen LogP contribution in [0.25, 0.3) is 0 Å². The smallest absolute Gasteiger partial charge is 0.370 e. The third-order valence-corrected chi connectivity index (χ3v) is 3.86. The molecule has 0 spiro atoms. The van der Waals surface area contributed by atoms with Crippen LogP contribution in [-0.4, -0.2) is 26.3 Å². The molecular formula is C15H18F3N3. The number of nitriles is 1. The first-order valence-corrected chi connectivity index (χ1v) is 6.95. The van der Waals surface area contributed by atoms with E-state index in [1.807, 2.05) is 24.1 Å². The van der Waals surface area contributed by atoms with Gasteiger partial charge in [0.1, 0.15) is 6.07 Å². The summed E-state index contributed by atoms with van der Waals surface area (Å²) in [6.07, 6.45) is -3.93. The van der Waals surface area contributed by atoms with Crippen LogP contribution in [0.1, 0.15) is 24.0 Å². The van der Waals surface area contributed by atoms with Crippen LogP contribution in [0.5, 0.6) is 0 Å². The first-order valence-electron chi connectivity index (χ1n) is 6.95. The minimum Gasteiger partial charge on any atom is -0.370 e. The lowest BCUT2D eigenvalue weighted by atomic mass is 9.95. The van der Waals surface area contributed by atoms with Crippen molar-refractivity contribution in [2.45, 2.75) is 25.6 Å². The number of anilines is 1. The van der Waals surface area contributed by atoms with Gasteiger partial charge in [0.25, 0.3) is 0 Å². The summed E-state index contributed by atoms with van der Waals surface area (Å²) in [5.41, 5.74) is 2.24. The molecule has 0 saturated carbocycles. The molecule has 0 unspecified atom stereocenters. The number of piperidine rings is 1. The Morgan fingerprint density at radius 1 is 1.33 bits per heavy atom. The van der Waals surface area contributed by atoms with Gasteiger partial charge >= 0.3 is 6.18 Å². The molecule has 1 saturated heterocycles. The van der Waals surface area contributed by atoms with E-state index in [1.165, 1.54) is 0 Å². The largest absolute Gasteiger partial charge is 0.391 e. The highest BCUT2D eigenvalue weighted by atomic mass is 19.4. The molecule has 1 aliphatic heterocycles. The molecular weight excluding hydrogens is 279 g/mol. The molecule has 2 rings (SSSR count). The molecule has 3 nitrogen and oxygen atoms in total. The van der Waals surface area contributed by atoms with Gasteiger partial charge in [-0.3, -0.25) is 0 Å². The summed E-state index contributed by atoms with van der Waals surface area (Å²) in [7, 11) is 1.82. The molecule has 0 atom stereocenters. The second-order valence-electron chi connectivity index (χ2n) is 5.30. The van der Waals surface area contributed by atoms with E-state index >= 15 is 0 Å². The summed E-state index contributed by atoms with van der Waals surface area (Å²) in [6.45, 7) is 1.33. The molecule has 0 aromatic heterocycles. The molecule has 0 aliphatic carbocycles. The highest BCUT2D eigenvalue weighted by Gasteiger charge is 2.41. The SMILES string of the molecule is CNCc1ccc(N2CCC(C(F)(F)F)CC2)c(C#N)c1. The third-order valence-electron chi connectivity index (χ3n) is 3.86. The van der Waals surface area contributed by atoms with Gasteiger partial charge < -0.3 is 10.2 Å². The zero-order valence-corrected chi connectivity index (χ0v) is 11.9. The van der Waals surface area contributed by atoms with Gasteiger partial charge in [-0.1, -0.05) is 6.07 Å². The zero-order chi connectivity index (χ0) is 15.5. The summed E-state index contributed by atoms with van der Waals surface area (Å²) in [6, 6.07) is 7.67. The fourth-order valence-corrected chi connectivity index (χ4v) is 2.71. The van der Waals surface area contributed by atoms with E-state index in [1.54, 1.807) is 6.07 Å². The molecule has 0 bridgehead atoms. The number of nitrogens with zero attached hydrogens (tertiary/aromatic N) is 2. The molecule has 1 fully saturated rings. The van der Waals surface area contributed by atoms with Gasteiger partial charge in [-0.15, -0.1) is 0 Å². The van der Waals surface area contributed by atoms with Gasteiger partial charge in [-0.25, -0.2) is 0 Å². The van der Waals surface area contributed by atoms with E-state index in [-0.39, 0.29) is 12.8 Å². The van der Waals surface area contributed by atoms with E-state index in [0.717, 1.165) is 11.3 Å². The molecule has 1 heterocycles. The Morgan fingerprint density at radius 3 is 2.52 bits per heavy atom. The average molecular weight is 297 g/mol. The van der Waals surface area contributed by atoms with Gasteiger partial charge in [0.2, 0.25) is 0 Å². The standard InChI is InChI=1S/C15H18F3N3/c1-20-10-11-2-3-14(12(8-11)9-19)21-6-4-13(5-7-21)15(16,17)18/h2-3,8,13,20H,4-7,10H2,1H3. The van der Waals surface area contributed by atoms with Gasteiger partial charge in [0.05, 0.1) is 17.2 Å². The zero-order valence-electron chi connectivity index (χ0n) is 11.9. The minimum absolute atomic E-state index is 0.0899. The maximum atomic E-state index is 12.7. The van der Waals surface area contributed by atoms with Crippen molar-refractivity contribution in [1.82, 2.24) is 5.32 Å². The Labute approximate surface area is 122 Å². The monoisotopic (exact) mass is 297 g/mol. The van der Waals surface area contributed by atoms with Crippen molar-refractivity contribution in [2.75, 3.05) is 25.0 Å². The highest BCUT2D eigenvalue weighted by molar-refractivity contribution is 5.60. The fourth-order valence-electron chi connectivity index (χ4n) is 2.71. The molecule has 114 valence electrons. The fraction of sp³-hybridized carbons (Fsp3) is 0.533. The lowest BCUT2D eigenvalue weighted by molar-refractivity contribution is -0.179. The van der Waals surface area contributed by atoms with E-state index in [0.29, 0.717) is 25.2 Å². The van der Waals surface area contributed by atoms with Crippen molar-refractivity contribution in [2.24, 2.45) is 5.92 Å². The summed E-state index contributed by atoms with van der Waals surface area (Å²) >= 11 is 0. The van der Waals surface area contributed by atoms with Gasteiger partial charge in [-0.05, 0) is 37.6 Å². The highest BCUT2D eigenvalue weighted by Crippen LogP contribution is 2.36. The first kappa shape index (κ1) is 15.6. The lowest BCUT2D eigenvalue weighted by Crippen LogP contribution is -2.39. The summed E-state index contributed by atoms with van der Waals surface area (Å²) in [4.78, 5) is 1.88. The van der Waals surface area contributed by atoms with Crippen LogP contribution in [0, 0.1) is 17.2 Å². The molecule has 0 amide bonds. The predicted molar refractivity (Wildman–Crippen MR) is 74.9 cm³/mol. The molecule has 0 radical (unpaired) electrons. The number of hydrogen-bond donors (Lipinski definition) is 1. The van der Waals surface area contributed by atoms with Crippen LogP contribution in [0.3, 0.4) is 0 Å². The van der Waals surface area contributed by atoms with Crippen molar-refractivity contribution in [3.8, 4) is 6.07 Å². The Morgan fingerprint density at radius 2 is 2.00 bits per heavy atom. The Balaban J connectivity index is 2.12. The second-order valence-corrected chi connectivity index (χ2v) is 5.30. The number of hydrogen-bond acceptors (Lipinski definition) is 3. The molecule has 6 heteroatoms. The second kappa shape index (κ2) is 6.35. The van der Waals surface area contributed by atoms with Crippen molar-refractivity contribution in [3.63, 3.8) is 0 Å². The number of nitrogens with one attached hydrogen (secondary N) is 1. The van der Waals surface area contributed by atoms with Crippen LogP contribution >= 0.6 is 0 Å². The van der Waals surface area contributed by atoms with E-state index in [9.17, 15) is 18.4 Å². The Hall–Kier alpha value is -1.74. The van der Waals surface area contributed by atoms with Crippen molar-refractivity contribution >= 4 is 5.69 Å². The van der Waals surface area contributed by atoms with Crippen LogP contribution in [0.2, 0.25) is 0 Å². The number of halogens is 3. The minimum atomic E-state index is -4.11. The van der Waals surface area contributed by atoms with Crippen LogP contribution in [-0.2, 0) is 6.54 Å². The lowest BCUT2D eigenvalue weighted by Gasteiger charge is -2.34. The maximum absolute atomic E-state index is 12.7. The van der Waals surface area contributed by atoms with Gasteiger partial charge in [0, 0.05) is 19.6 Å². The number of benzene rings is 1. The molecule has 1 aliphatic rings. The summed E-state index contributed by atoms with van der Waals surface area (Å²) < 4.78 is 38.0. The summed E-state index contributed by atoms with van der Waals surface area (Å²) in [5.74, 6) is -1.22.